The fourth-order valence-electron chi connectivity index (χ4n) is 3.92. The van der Waals surface area contributed by atoms with Crippen molar-refractivity contribution in [3.8, 4) is 0 Å². The minimum atomic E-state index is 0. The lowest BCUT2D eigenvalue weighted by atomic mass is 10.00. The number of imidazole rings is 1. The normalized spacial score (nSPS) is 17.2. The van der Waals surface area contributed by atoms with Crippen molar-refractivity contribution < 1.29 is 0 Å². The van der Waals surface area contributed by atoms with Crippen molar-refractivity contribution in [1.29, 1.82) is 0 Å². The van der Waals surface area contributed by atoms with Crippen molar-refractivity contribution in [2.75, 3.05) is 13.1 Å². The first-order valence-corrected chi connectivity index (χ1v) is 9.61. The lowest BCUT2D eigenvalue weighted by Crippen LogP contribution is -2.38. The largest absolute Gasteiger partial charge is 0.326 e. The summed E-state index contributed by atoms with van der Waals surface area (Å²) in [6, 6.07) is 17.2. The molecule has 0 saturated carbocycles. The molecule has 0 bridgehead atoms. The number of piperidine rings is 1. The standard InChI is InChI=1S/C20H22BrN3O.ClH/c1-14(15-6-8-16(21)9-7-15)23-12-10-17(11-13-23)24-19-5-3-2-4-18(19)22-20(24)25;/h2-9,14,17H,10-13H2,1H3,(H,22,25);1H. The highest BCUT2D eigenvalue weighted by atomic mass is 79.9. The molecule has 4 rings (SSSR count). The number of para-hydroxylation sites is 2. The van der Waals surface area contributed by atoms with Gasteiger partial charge in [0.25, 0.3) is 0 Å². The van der Waals surface area contributed by atoms with Gasteiger partial charge in [-0.3, -0.25) is 9.47 Å². The predicted molar refractivity (Wildman–Crippen MR) is 112 cm³/mol. The van der Waals surface area contributed by atoms with Gasteiger partial charge in [0.1, 0.15) is 0 Å². The molecule has 0 aliphatic carbocycles. The van der Waals surface area contributed by atoms with Gasteiger partial charge in [0.15, 0.2) is 0 Å². The Balaban J connectivity index is 0.00000196. The third kappa shape index (κ3) is 3.61. The summed E-state index contributed by atoms with van der Waals surface area (Å²) in [7, 11) is 0. The Hall–Kier alpha value is -1.56. The Labute approximate surface area is 167 Å². The van der Waals surface area contributed by atoms with Gasteiger partial charge in [-0.1, -0.05) is 40.2 Å². The molecule has 0 radical (unpaired) electrons. The van der Waals surface area contributed by atoms with E-state index in [0.29, 0.717) is 6.04 Å². The fraction of sp³-hybridized carbons (Fsp3) is 0.350. The van der Waals surface area contributed by atoms with Gasteiger partial charge in [0.05, 0.1) is 11.0 Å². The number of likely N-dealkylation sites (tertiary alicyclic amines) is 1. The summed E-state index contributed by atoms with van der Waals surface area (Å²) in [4.78, 5) is 17.9. The second-order valence-electron chi connectivity index (χ2n) is 6.81. The molecule has 2 aromatic carbocycles. The zero-order valence-corrected chi connectivity index (χ0v) is 17.1. The van der Waals surface area contributed by atoms with Crippen molar-refractivity contribution in [2.24, 2.45) is 0 Å². The van der Waals surface area contributed by atoms with Crippen LogP contribution in [0, 0.1) is 0 Å². The smallest absolute Gasteiger partial charge is 0.306 e. The number of aromatic amines is 1. The molecule has 1 atom stereocenters. The quantitative estimate of drug-likeness (QED) is 0.633. The molecule has 1 fully saturated rings. The molecule has 3 aromatic rings. The average molecular weight is 437 g/mol. The molecule has 138 valence electrons. The number of nitrogens with one attached hydrogen (secondary N) is 1. The van der Waals surface area contributed by atoms with Gasteiger partial charge in [-0.2, -0.15) is 0 Å². The van der Waals surface area contributed by atoms with Gasteiger partial charge in [0, 0.05) is 29.6 Å². The number of hydrogen-bond acceptors (Lipinski definition) is 2. The molecule has 0 spiro atoms. The molecule has 2 heterocycles. The molecule has 1 aliphatic rings. The summed E-state index contributed by atoms with van der Waals surface area (Å²) >= 11 is 3.50. The fourth-order valence-corrected chi connectivity index (χ4v) is 4.18. The number of fused-ring (bicyclic) bond motifs is 1. The minimum Gasteiger partial charge on any atom is -0.306 e. The highest BCUT2D eigenvalue weighted by Gasteiger charge is 2.26. The molecule has 1 aliphatic heterocycles. The van der Waals surface area contributed by atoms with Crippen molar-refractivity contribution >= 4 is 39.4 Å². The first kappa shape index (κ1) is 19.2. The van der Waals surface area contributed by atoms with Crippen molar-refractivity contribution in [2.45, 2.75) is 31.8 Å². The Kier molecular flexibility index (Phi) is 5.90. The van der Waals surface area contributed by atoms with Gasteiger partial charge in [-0.15, -0.1) is 12.4 Å². The van der Waals surface area contributed by atoms with Gasteiger partial charge in [-0.25, -0.2) is 4.79 Å². The maximum absolute atomic E-state index is 12.4. The van der Waals surface area contributed by atoms with Gasteiger partial charge in [-0.05, 0) is 49.6 Å². The van der Waals surface area contributed by atoms with Crippen LogP contribution in [0.5, 0.6) is 0 Å². The third-order valence-corrected chi connectivity index (χ3v) is 5.92. The van der Waals surface area contributed by atoms with Crippen LogP contribution in [0.25, 0.3) is 11.0 Å². The number of nitrogens with zero attached hydrogens (tertiary/aromatic N) is 2. The molecule has 1 N–H and O–H groups in total. The van der Waals surface area contributed by atoms with Crippen LogP contribution >= 0.6 is 28.3 Å². The lowest BCUT2D eigenvalue weighted by molar-refractivity contribution is 0.144. The van der Waals surface area contributed by atoms with Crippen LogP contribution in [-0.4, -0.2) is 27.5 Å². The van der Waals surface area contributed by atoms with Crippen LogP contribution in [0.4, 0.5) is 0 Å². The number of hydrogen-bond donors (Lipinski definition) is 1. The van der Waals surface area contributed by atoms with Crippen LogP contribution in [0.2, 0.25) is 0 Å². The Morgan fingerprint density at radius 1 is 1.08 bits per heavy atom. The van der Waals surface area contributed by atoms with Gasteiger partial charge >= 0.3 is 5.69 Å². The summed E-state index contributed by atoms with van der Waals surface area (Å²) in [6.07, 6.45) is 2.01. The van der Waals surface area contributed by atoms with Crippen LogP contribution in [0.1, 0.15) is 37.4 Å². The van der Waals surface area contributed by atoms with Crippen molar-refractivity contribution in [3.05, 3.63) is 69.1 Å². The number of aromatic nitrogens is 2. The van der Waals surface area contributed by atoms with Crippen LogP contribution < -0.4 is 5.69 Å². The van der Waals surface area contributed by atoms with E-state index < -0.39 is 0 Å². The molecule has 1 aromatic heterocycles. The second-order valence-corrected chi connectivity index (χ2v) is 7.73. The van der Waals surface area contributed by atoms with Crippen LogP contribution in [0.3, 0.4) is 0 Å². The predicted octanol–water partition coefficient (Wildman–Crippen LogP) is 4.91. The van der Waals surface area contributed by atoms with E-state index in [2.05, 4.69) is 57.0 Å². The molecular weight excluding hydrogens is 414 g/mol. The molecule has 26 heavy (non-hydrogen) atoms. The van der Waals surface area contributed by atoms with Gasteiger partial charge in [0.2, 0.25) is 0 Å². The second kappa shape index (κ2) is 7.99. The van der Waals surface area contributed by atoms with Crippen LogP contribution in [0.15, 0.2) is 57.8 Å². The number of H-pyrrole nitrogens is 1. The van der Waals surface area contributed by atoms with Crippen molar-refractivity contribution in [1.82, 2.24) is 14.5 Å². The molecule has 4 nitrogen and oxygen atoms in total. The van der Waals surface area contributed by atoms with Crippen LogP contribution in [-0.2, 0) is 0 Å². The lowest BCUT2D eigenvalue weighted by Gasteiger charge is -2.36. The topological polar surface area (TPSA) is 41.0 Å². The summed E-state index contributed by atoms with van der Waals surface area (Å²) < 4.78 is 3.07. The van der Waals surface area contributed by atoms with E-state index in [9.17, 15) is 4.79 Å². The van der Waals surface area contributed by atoms with E-state index >= 15 is 0 Å². The summed E-state index contributed by atoms with van der Waals surface area (Å²) in [6.45, 7) is 4.28. The van der Waals surface area contributed by atoms with Gasteiger partial charge < -0.3 is 4.98 Å². The Morgan fingerprint density at radius 2 is 1.73 bits per heavy atom. The van der Waals surface area contributed by atoms with E-state index in [4.69, 9.17) is 0 Å². The highest BCUT2D eigenvalue weighted by Crippen LogP contribution is 2.30. The van der Waals surface area contributed by atoms with Crippen molar-refractivity contribution in [3.63, 3.8) is 0 Å². The summed E-state index contributed by atoms with van der Waals surface area (Å²) in [5, 5.41) is 0. The number of rotatable bonds is 3. The maximum atomic E-state index is 12.4. The summed E-state index contributed by atoms with van der Waals surface area (Å²) in [5.41, 5.74) is 3.30. The van der Waals surface area contributed by atoms with E-state index in [0.717, 1.165) is 41.4 Å². The van der Waals surface area contributed by atoms with E-state index in [1.165, 1.54) is 5.56 Å². The maximum Gasteiger partial charge on any atom is 0.326 e. The van der Waals surface area contributed by atoms with E-state index in [1.54, 1.807) is 0 Å². The minimum absolute atomic E-state index is 0. The molecule has 6 heteroatoms. The third-order valence-electron chi connectivity index (χ3n) is 5.39. The van der Waals surface area contributed by atoms with E-state index in [1.807, 2.05) is 28.8 Å². The molecule has 1 unspecified atom stereocenters. The Bertz CT molecular complexity index is 926. The number of halogens is 2. The zero-order valence-electron chi connectivity index (χ0n) is 14.7. The highest BCUT2D eigenvalue weighted by molar-refractivity contribution is 9.10. The first-order valence-electron chi connectivity index (χ1n) is 8.82. The molecular formula is C20H23BrClN3O. The zero-order chi connectivity index (χ0) is 17.4. The van der Waals surface area contributed by atoms with E-state index in [-0.39, 0.29) is 24.1 Å². The average Bonchev–Trinajstić information content (AvgIpc) is 2.97. The summed E-state index contributed by atoms with van der Waals surface area (Å²) in [5.74, 6) is 0. The first-order chi connectivity index (χ1) is 12.1. The molecule has 1 saturated heterocycles. The Morgan fingerprint density at radius 3 is 2.42 bits per heavy atom. The monoisotopic (exact) mass is 435 g/mol. The molecule has 0 amide bonds. The number of benzene rings is 2. The SMILES string of the molecule is CC(c1ccc(Br)cc1)N1CCC(n2c(=O)[nH]c3ccccc32)CC1.Cl.